The van der Waals surface area contributed by atoms with E-state index < -0.39 is 29.6 Å². The van der Waals surface area contributed by atoms with Gasteiger partial charge in [-0.1, -0.05) is 36.4 Å². The molecule has 2 amide bonds. The number of hydrogen-bond donors (Lipinski definition) is 2. The maximum absolute atomic E-state index is 12.8. The Hall–Kier alpha value is -3.55. The van der Waals surface area contributed by atoms with Crippen LogP contribution in [0.25, 0.3) is 0 Å². The van der Waals surface area contributed by atoms with E-state index in [1.165, 1.54) is 7.11 Å². The van der Waals surface area contributed by atoms with Gasteiger partial charge in [0.05, 0.1) is 13.5 Å². The Bertz CT molecular complexity index is 892. The van der Waals surface area contributed by atoms with Crippen LogP contribution in [0.5, 0.6) is 5.75 Å². The Kier molecular flexibility index (Phi) is 8.43. The number of ether oxygens (including phenoxy) is 3. The number of carbonyl (C=O) groups is 3. The molecule has 0 fully saturated rings. The molecule has 0 heterocycles. The topological polar surface area (TPSA) is 103 Å². The molecule has 0 saturated carbocycles. The highest BCUT2D eigenvalue weighted by Crippen LogP contribution is 2.17. The van der Waals surface area contributed by atoms with Crippen molar-refractivity contribution in [3.05, 3.63) is 60.2 Å². The maximum atomic E-state index is 12.8. The Morgan fingerprint density at radius 3 is 2.35 bits per heavy atom. The zero-order valence-corrected chi connectivity index (χ0v) is 18.1. The second-order valence-electron chi connectivity index (χ2n) is 7.77. The maximum Gasteiger partial charge on any atom is 0.408 e. The molecule has 31 heavy (non-hydrogen) atoms. The number of anilines is 1. The van der Waals surface area contributed by atoms with Crippen LogP contribution in [0.2, 0.25) is 0 Å². The summed E-state index contributed by atoms with van der Waals surface area (Å²) in [7, 11) is 1.51. The number of amides is 2. The van der Waals surface area contributed by atoms with E-state index in [9.17, 15) is 14.4 Å². The molecular formula is C23H28N2O6. The predicted octanol–water partition coefficient (Wildman–Crippen LogP) is 3.66. The fourth-order valence-electron chi connectivity index (χ4n) is 2.60. The van der Waals surface area contributed by atoms with E-state index >= 15 is 0 Å². The SMILES string of the molecule is COc1cccc(NC(=O)[C@H](CC(=O)OC(C)(C)C)NC(=O)OCc2ccccc2)c1. The number of rotatable bonds is 8. The molecule has 0 aromatic heterocycles. The van der Waals surface area contributed by atoms with Crippen LogP contribution < -0.4 is 15.4 Å². The smallest absolute Gasteiger partial charge is 0.408 e. The van der Waals surface area contributed by atoms with Crippen LogP contribution in [0.15, 0.2) is 54.6 Å². The van der Waals surface area contributed by atoms with Crippen molar-refractivity contribution in [3.8, 4) is 5.75 Å². The zero-order chi connectivity index (χ0) is 22.9. The van der Waals surface area contributed by atoms with Gasteiger partial charge in [0.1, 0.15) is 24.0 Å². The molecule has 0 saturated heterocycles. The zero-order valence-electron chi connectivity index (χ0n) is 18.1. The van der Waals surface area contributed by atoms with Gasteiger partial charge >= 0.3 is 12.1 Å². The van der Waals surface area contributed by atoms with Crippen LogP contribution in [0, 0.1) is 0 Å². The molecule has 2 rings (SSSR count). The van der Waals surface area contributed by atoms with Gasteiger partial charge in [-0.2, -0.15) is 0 Å². The molecule has 8 nitrogen and oxygen atoms in total. The molecule has 8 heteroatoms. The number of esters is 1. The van der Waals surface area contributed by atoms with E-state index in [1.807, 2.05) is 18.2 Å². The monoisotopic (exact) mass is 428 g/mol. The van der Waals surface area contributed by atoms with Crippen LogP contribution >= 0.6 is 0 Å². The Balaban J connectivity index is 2.06. The van der Waals surface area contributed by atoms with Crippen molar-refractivity contribution in [1.82, 2.24) is 5.32 Å². The van der Waals surface area contributed by atoms with Crippen LogP contribution in [0.3, 0.4) is 0 Å². The Morgan fingerprint density at radius 2 is 1.71 bits per heavy atom. The van der Waals surface area contributed by atoms with Gasteiger partial charge in [0.25, 0.3) is 0 Å². The number of methoxy groups -OCH3 is 1. The molecule has 0 aliphatic heterocycles. The van der Waals surface area contributed by atoms with Crippen molar-refractivity contribution >= 4 is 23.7 Å². The summed E-state index contributed by atoms with van der Waals surface area (Å²) in [6.07, 6.45) is -1.17. The highest BCUT2D eigenvalue weighted by molar-refractivity contribution is 5.98. The molecule has 0 aliphatic rings. The van der Waals surface area contributed by atoms with Crippen molar-refractivity contribution in [1.29, 1.82) is 0 Å². The van der Waals surface area contributed by atoms with E-state index in [1.54, 1.807) is 57.2 Å². The number of carbonyl (C=O) groups excluding carboxylic acids is 3. The molecule has 2 aromatic carbocycles. The van der Waals surface area contributed by atoms with E-state index in [0.717, 1.165) is 5.56 Å². The standard InChI is InChI=1S/C23H28N2O6/c1-23(2,3)31-20(26)14-19(21(27)24-17-11-8-12-18(13-17)29-4)25-22(28)30-15-16-9-6-5-7-10-16/h5-13,19H,14-15H2,1-4H3,(H,24,27)(H,25,28)/t19-/m0/s1. The average molecular weight is 428 g/mol. The summed E-state index contributed by atoms with van der Waals surface area (Å²) in [5, 5.41) is 5.11. The van der Waals surface area contributed by atoms with Crippen LogP contribution in [-0.4, -0.2) is 36.7 Å². The van der Waals surface area contributed by atoms with Crippen LogP contribution in [0.4, 0.5) is 10.5 Å². The summed E-state index contributed by atoms with van der Waals surface area (Å²) in [6.45, 7) is 5.19. The van der Waals surface area contributed by atoms with Gasteiger partial charge in [0.2, 0.25) is 5.91 Å². The lowest BCUT2D eigenvalue weighted by Gasteiger charge is -2.22. The van der Waals surface area contributed by atoms with Gasteiger partial charge in [-0.3, -0.25) is 9.59 Å². The Labute approximate surface area is 181 Å². The minimum atomic E-state index is -1.19. The van der Waals surface area contributed by atoms with Crippen molar-refractivity contribution < 1.29 is 28.6 Å². The van der Waals surface area contributed by atoms with Gasteiger partial charge in [0, 0.05) is 11.8 Å². The lowest BCUT2D eigenvalue weighted by Crippen LogP contribution is -2.46. The quantitative estimate of drug-likeness (QED) is 0.622. The van der Waals surface area contributed by atoms with Gasteiger partial charge in [0.15, 0.2) is 0 Å². The minimum absolute atomic E-state index is 0.0311. The summed E-state index contributed by atoms with van der Waals surface area (Å²) >= 11 is 0. The first-order valence-corrected chi connectivity index (χ1v) is 9.80. The molecule has 2 N–H and O–H groups in total. The summed E-state index contributed by atoms with van der Waals surface area (Å²) in [5.41, 5.74) is 0.527. The van der Waals surface area contributed by atoms with Gasteiger partial charge < -0.3 is 24.8 Å². The van der Waals surface area contributed by atoms with Gasteiger partial charge in [-0.25, -0.2) is 4.79 Å². The third-order valence-corrected chi connectivity index (χ3v) is 3.95. The van der Waals surface area contributed by atoms with Crippen LogP contribution in [-0.2, 0) is 25.7 Å². The lowest BCUT2D eigenvalue weighted by molar-refractivity contribution is -0.156. The molecular weight excluding hydrogens is 400 g/mol. The summed E-state index contributed by atoms with van der Waals surface area (Å²) in [6, 6.07) is 14.6. The minimum Gasteiger partial charge on any atom is -0.497 e. The molecule has 0 bridgehead atoms. The normalized spacial score (nSPS) is 11.7. The average Bonchev–Trinajstić information content (AvgIpc) is 2.71. The first kappa shape index (κ1) is 23.7. The van der Waals surface area contributed by atoms with Crippen molar-refractivity contribution in [3.63, 3.8) is 0 Å². The number of alkyl carbamates (subject to hydrolysis) is 1. The molecule has 166 valence electrons. The summed E-state index contributed by atoms with van der Waals surface area (Å²) in [5.74, 6) is -0.658. The molecule has 0 aliphatic carbocycles. The van der Waals surface area contributed by atoms with Crippen molar-refractivity contribution in [2.45, 2.75) is 45.4 Å². The highest BCUT2D eigenvalue weighted by Gasteiger charge is 2.27. The molecule has 0 radical (unpaired) electrons. The van der Waals surface area contributed by atoms with E-state index in [-0.39, 0.29) is 13.0 Å². The third-order valence-electron chi connectivity index (χ3n) is 3.95. The lowest BCUT2D eigenvalue weighted by atomic mass is 10.1. The third kappa shape index (κ3) is 8.77. The fourth-order valence-corrected chi connectivity index (χ4v) is 2.60. The molecule has 0 unspecified atom stereocenters. The van der Waals surface area contributed by atoms with Crippen molar-refractivity contribution in [2.75, 3.05) is 12.4 Å². The number of nitrogens with one attached hydrogen (secondary N) is 2. The molecule has 0 spiro atoms. The van der Waals surface area contributed by atoms with Gasteiger partial charge in [-0.15, -0.1) is 0 Å². The first-order chi connectivity index (χ1) is 14.7. The number of benzene rings is 2. The fraction of sp³-hybridized carbons (Fsp3) is 0.348. The van der Waals surface area contributed by atoms with E-state index in [2.05, 4.69) is 10.6 Å². The highest BCUT2D eigenvalue weighted by atomic mass is 16.6. The van der Waals surface area contributed by atoms with Crippen molar-refractivity contribution in [2.24, 2.45) is 0 Å². The van der Waals surface area contributed by atoms with Crippen LogP contribution in [0.1, 0.15) is 32.8 Å². The predicted molar refractivity (Wildman–Crippen MR) is 116 cm³/mol. The summed E-state index contributed by atoms with van der Waals surface area (Å²) in [4.78, 5) is 37.3. The van der Waals surface area contributed by atoms with Gasteiger partial charge in [-0.05, 0) is 38.5 Å². The second kappa shape index (κ2) is 11.0. The van der Waals surface area contributed by atoms with E-state index in [4.69, 9.17) is 14.2 Å². The second-order valence-corrected chi connectivity index (χ2v) is 7.77. The van der Waals surface area contributed by atoms with E-state index in [0.29, 0.717) is 11.4 Å². The Morgan fingerprint density at radius 1 is 1.00 bits per heavy atom. The summed E-state index contributed by atoms with van der Waals surface area (Å²) < 4.78 is 15.6. The molecule has 2 aromatic rings. The molecule has 1 atom stereocenters. The number of hydrogen-bond acceptors (Lipinski definition) is 6. The first-order valence-electron chi connectivity index (χ1n) is 9.80. The largest absolute Gasteiger partial charge is 0.497 e.